The molecule has 0 aromatic heterocycles. The van der Waals surface area contributed by atoms with Gasteiger partial charge in [0, 0.05) is 37.7 Å². The van der Waals surface area contributed by atoms with Crippen LogP contribution in [0.5, 0.6) is 5.75 Å². The quantitative estimate of drug-likeness (QED) is 0.366. The molecule has 0 saturated carbocycles. The van der Waals surface area contributed by atoms with Crippen molar-refractivity contribution in [2.75, 3.05) is 49.6 Å². The Morgan fingerprint density at radius 1 is 0.947 bits per heavy atom. The van der Waals surface area contributed by atoms with Crippen LogP contribution in [0.1, 0.15) is 34.0 Å². The lowest BCUT2D eigenvalue weighted by Gasteiger charge is -2.37. The summed E-state index contributed by atoms with van der Waals surface area (Å²) in [5.41, 5.74) is 4.88. The van der Waals surface area contributed by atoms with E-state index in [9.17, 15) is 9.59 Å². The monoisotopic (exact) mass is 535 g/mol. The summed E-state index contributed by atoms with van der Waals surface area (Å²) >= 11 is 6.24. The molecule has 4 rings (SSSR count). The zero-order chi connectivity index (χ0) is 27.1. The number of aryl methyl sites for hydroxylation is 2. The number of halogens is 1. The third-order valence-electron chi connectivity index (χ3n) is 6.52. The van der Waals surface area contributed by atoms with E-state index in [1.807, 2.05) is 38.1 Å². The molecular weight excluding hydrogens is 502 g/mol. The highest BCUT2D eigenvalue weighted by Gasteiger charge is 2.22. The molecule has 8 heteroatoms. The lowest BCUT2D eigenvalue weighted by molar-refractivity contribution is -0.118. The molecule has 7 nitrogen and oxygen atoms in total. The number of ether oxygens (including phenoxy) is 2. The molecule has 1 aliphatic heterocycles. The largest absolute Gasteiger partial charge is 0.484 e. The fourth-order valence-corrected chi connectivity index (χ4v) is 4.68. The SMILES string of the molecule is CCOC(=O)c1ccc(N2CCN(Cc3ccccc3)CC2)c(NC(=O)COc2cc(C)c(Cl)c(C)c2)c1. The van der Waals surface area contributed by atoms with Gasteiger partial charge in [-0.15, -0.1) is 0 Å². The van der Waals surface area contributed by atoms with Crippen molar-refractivity contribution in [2.45, 2.75) is 27.3 Å². The van der Waals surface area contributed by atoms with Crippen LogP contribution in [0.3, 0.4) is 0 Å². The molecule has 1 amide bonds. The molecule has 0 bridgehead atoms. The van der Waals surface area contributed by atoms with E-state index in [4.69, 9.17) is 21.1 Å². The van der Waals surface area contributed by atoms with Crippen LogP contribution in [0.25, 0.3) is 0 Å². The maximum atomic E-state index is 12.9. The summed E-state index contributed by atoms with van der Waals surface area (Å²) < 4.78 is 10.9. The van der Waals surface area contributed by atoms with Gasteiger partial charge in [-0.3, -0.25) is 9.69 Å². The number of hydrogen-bond acceptors (Lipinski definition) is 6. The van der Waals surface area contributed by atoms with Crippen LogP contribution >= 0.6 is 11.6 Å². The Hall–Kier alpha value is -3.55. The zero-order valence-electron chi connectivity index (χ0n) is 22.1. The van der Waals surface area contributed by atoms with Gasteiger partial charge in [0.2, 0.25) is 0 Å². The van der Waals surface area contributed by atoms with Gasteiger partial charge in [0.15, 0.2) is 6.61 Å². The summed E-state index contributed by atoms with van der Waals surface area (Å²) in [6.07, 6.45) is 0. The van der Waals surface area contributed by atoms with Gasteiger partial charge in [0.1, 0.15) is 5.75 Å². The van der Waals surface area contributed by atoms with Crippen molar-refractivity contribution in [1.29, 1.82) is 0 Å². The molecule has 1 N–H and O–H groups in total. The highest BCUT2D eigenvalue weighted by Crippen LogP contribution is 2.30. The van der Waals surface area contributed by atoms with Crippen molar-refractivity contribution in [3.8, 4) is 5.75 Å². The molecule has 38 heavy (non-hydrogen) atoms. The molecule has 200 valence electrons. The summed E-state index contributed by atoms with van der Waals surface area (Å²) in [6.45, 7) is 9.95. The van der Waals surface area contributed by atoms with Gasteiger partial charge in [0.25, 0.3) is 5.91 Å². The fourth-order valence-electron chi connectivity index (χ4n) is 4.57. The summed E-state index contributed by atoms with van der Waals surface area (Å²) in [4.78, 5) is 30.0. The van der Waals surface area contributed by atoms with E-state index < -0.39 is 5.97 Å². The van der Waals surface area contributed by atoms with Gasteiger partial charge in [-0.1, -0.05) is 41.9 Å². The van der Waals surface area contributed by atoms with Crippen LogP contribution in [0.4, 0.5) is 11.4 Å². The number of carbonyl (C=O) groups excluding carboxylic acids is 2. The number of rotatable bonds is 9. The van der Waals surface area contributed by atoms with Gasteiger partial charge in [0.05, 0.1) is 23.5 Å². The van der Waals surface area contributed by atoms with E-state index in [-0.39, 0.29) is 19.1 Å². The zero-order valence-corrected chi connectivity index (χ0v) is 22.9. The van der Waals surface area contributed by atoms with E-state index >= 15 is 0 Å². The molecule has 0 unspecified atom stereocenters. The molecule has 3 aromatic rings. The van der Waals surface area contributed by atoms with Crippen LogP contribution in [-0.2, 0) is 16.1 Å². The predicted octanol–water partition coefficient (Wildman–Crippen LogP) is 5.47. The van der Waals surface area contributed by atoms with E-state index in [1.165, 1.54) is 5.56 Å². The van der Waals surface area contributed by atoms with E-state index in [2.05, 4.69) is 39.4 Å². The lowest BCUT2D eigenvalue weighted by Crippen LogP contribution is -2.46. The van der Waals surface area contributed by atoms with E-state index in [1.54, 1.807) is 19.1 Å². The summed E-state index contributed by atoms with van der Waals surface area (Å²) in [6, 6.07) is 19.4. The second-order valence-corrected chi connectivity index (χ2v) is 9.79. The number of anilines is 2. The van der Waals surface area contributed by atoms with Crippen molar-refractivity contribution in [1.82, 2.24) is 4.90 Å². The predicted molar refractivity (Wildman–Crippen MR) is 151 cm³/mol. The Balaban J connectivity index is 1.45. The maximum absolute atomic E-state index is 12.9. The summed E-state index contributed by atoms with van der Waals surface area (Å²) in [7, 11) is 0. The molecule has 0 atom stereocenters. The minimum Gasteiger partial charge on any atom is -0.484 e. The first-order valence-corrected chi connectivity index (χ1v) is 13.2. The second kappa shape index (κ2) is 12.8. The van der Waals surface area contributed by atoms with Gasteiger partial charge < -0.3 is 19.7 Å². The van der Waals surface area contributed by atoms with Gasteiger partial charge >= 0.3 is 5.97 Å². The van der Waals surface area contributed by atoms with Crippen LogP contribution in [-0.4, -0.2) is 56.2 Å². The number of benzene rings is 3. The normalized spacial score (nSPS) is 13.7. The van der Waals surface area contributed by atoms with Crippen LogP contribution in [0.2, 0.25) is 5.02 Å². The number of piperazine rings is 1. The van der Waals surface area contributed by atoms with Crippen molar-refractivity contribution in [3.63, 3.8) is 0 Å². The van der Waals surface area contributed by atoms with Crippen molar-refractivity contribution in [3.05, 3.63) is 87.9 Å². The highest BCUT2D eigenvalue weighted by molar-refractivity contribution is 6.32. The number of nitrogens with zero attached hydrogens (tertiary/aromatic N) is 2. The van der Waals surface area contributed by atoms with Crippen molar-refractivity contribution < 1.29 is 19.1 Å². The topological polar surface area (TPSA) is 71.1 Å². The first-order chi connectivity index (χ1) is 18.3. The van der Waals surface area contributed by atoms with Crippen molar-refractivity contribution in [2.24, 2.45) is 0 Å². The van der Waals surface area contributed by atoms with Gasteiger partial charge in [-0.2, -0.15) is 0 Å². The van der Waals surface area contributed by atoms with Gasteiger partial charge in [-0.25, -0.2) is 4.79 Å². The molecule has 0 radical (unpaired) electrons. The molecule has 1 heterocycles. The minimum atomic E-state index is -0.425. The van der Waals surface area contributed by atoms with Crippen molar-refractivity contribution >= 4 is 34.9 Å². The molecule has 0 spiro atoms. The van der Waals surface area contributed by atoms with Crippen LogP contribution in [0.15, 0.2) is 60.7 Å². The minimum absolute atomic E-state index is 0.172. The summed E-state index contributed by atoms with van der Waals surface area (Å²) in [5, 5.41) is 3.64. The second-order valence-electron chi connectivity index (χ2n) is 9.41. The number of hydrogen-bond donors (Lipinski definition) is 1. The molecule has 0 aliphatic carbocycles. The van der Waals surface area contributed by atoms with Crippen LogP contribution < -0.4 is 15.0 Å². The molecule has 1 fully saturated rings. The average Bonchev–Trinajstić information content (AvgIpc) is 2.92. The third-order valence-corrected chi connectivity index (χ3v) is 7.12. The number of carbonyl (C=O) groups is 2. The third kappa shape index (κ3) is 7.05. The van der Waals surface area contributed by atoms with E-state index in [0.29, 0.717) is 22.0 Å². The molecular formula is C30H34ClN3O4. The van der Waals surface area contributed by atoms with Gasteiger partial charge in [-0.05, 0) is 67.8 Å². The molecule has 1 aliphatic rings. The smallest absolute Gasteiger partial charge is 0.338 e. The first kappa shape index (κ1) is 27.5. The lowest BCUT2D eigenvalue weighted by atomic mass is 10.1. The first-order valence-electron chi connectivity index (χ1n) is 12.9. The molecule has 3 aromatic carbocycles. The fraction of sp³-hybridized carbons (Fsp3) is 0.333. The summed E-state index contributed by atoms with van der Waals surface area (Å²) in [5.74, 6) is -0.166. The standard InChI is InChI=1S/C30H34ClN3O4/c1-4-37-30(36)24-10-11-27(34-14-12-33(13-15-34)19-23-8-6-5-7-9-23)26(18-24)32-28(35)20-38-25-16-21(2)29(31)22(3)17-25/h5-11,16-18H,4,12-15,19-20H2,1-3H3,(H,32,35). The Kier molecular flexibility index (Phi) is 9.26. The van der Waals surface area contributed by atoms with E-state index in [0.717, 1.165) is 49.5 Å². The van der Waals surface area contributed by atoms with Crippen LogP contribution in [0, 0.1) is 13.8 Å². The Morgan fingerprint density at radius 2 is 1.63 bits per heavy atom. The Labute approximate surface area is 229 Å². The maximum Gasteiger partial charge on any atom is 0.338 e. The average molecular weight is 536 g/mol. The number of esters is 1. The number of amides is 1. The molecule has 1 saturated heterocycles. The number of nitrogens with one attached hydrogen (secondary N) is 1. The highest BCUT2D eigenvalue weighted by atomic mass is 35.5. The Morgan fingerprint density at radius 3 is 2.29 bits per heavy atom. The Bertz CT molecular complexity index is 1250.